The summed E-state index contributed by atoms with van der Waals surface area (Å²) in [7, 11) is 0. The van der Waals surface area contributed by atoms with Crippen LogP contribution in [-0.4, -0.2) is 5.78 Å². The van der Waals surface area contributed by atoms with Crippen LogP contribution >= 0.6 is 11.3 Å². The lowest BCUT2D eigenvalue weighted by atomic mass is 10.2. The second kappa shape index (κ2) is 6.43. The molecule has 0 radical (unpaired) electrons. The van der Waals surface area contributed by atoms with E-state index in [0.29, 0.717) is 10.4 Å². The molecule has 0 amide bonds. The van der Waals surface area contributed by atoms with E-state index in [1.165, 1.54) is 34.4 Å². The minimum atomic E-state index is -0.315. The van der Waals surface area contributed by atoms with E-state index in [4.69, 9.17) is 0 Å². The summed E-state index contributed by atoms with van der Waals surface area (Å²) >= 11 is 1.51. The van der Waals surface area contributed by atoms with Gasteiger partial charge in [-0.15, -0.1) is 11.3 Å². The Balaban J connectivity index is 2.10. The van der Waals surface area contributed by atoms with E-state index < -0.39 is 0 Å². The maximum absolute atomic E-state index is 13.4. The molecule has 98 valence electrons. The number of thiophene rings is 1. The Hall–Kier alpha value is -1.74. The molecule has 0 aliphatic heterocycles. The van der Waals surface area contributed by atoms with Crippen LogP contribution in [-0.2, 0) is 6.42 Å². The van der Waals surface area contributed by atoms with Crippen molar-refractivity contribution in [2.45, 2.75) is 19.8 Å². The van der Waals surface area contributed by atoms with E-state index in [1.54, 1.807) is 18.2 Å². The van der Waals surface area contributed by atoms with E-state index in [2.05, 4.69) is 6.92 Å². The number of hydrogen-bond donors (Lipinski definition) is 0. The van der Waals surface area contributed by atoms with Crippen molar-refractivity contribution in [2.24, 2.45) is 0 Å². The van der Waals surface area contributed by atoms with E-state index >= 15 is 0 Å². The Bertz CT molecular complexity index is 598. The van der Waals surface area contributed by atoms with Crippen molar-refractivity contribution in [3.05, 3.63) is 63.6 Å². The first-order valence-corrected chi connectivity index (χ1v) is 7.08. The maximum Gasteiger partial charge on any atom is 0.195 e. The number of allylic oxidation sites excluding steroid dienone is 1. The highest BCUT2D eigenvalue weighted by Gasteiger charge is 2.06. The van der Waals surface area contributed by atoms with Gasteiger partial charge in [-0.25, -0.2) is 4.39 Å². The van der Waals surface area contributed by atoms with Crippen LogP contribution in [0.15, 0.2) is 42.5 Å². The Morgan fingerprint density at radius 3 is 2.79 bits per heavy atom. The summed E-state index contributed by atoms with van der Waals surface area (Å²) in [6.45, 7) is 2.11. The number of hydrogen-bond acceptors (Lipinski definition) is 2. The molecule has 0 N–H and O–H groups in total. The predicted octanol–water partition coefficient (Wildman–Crippen LogP) is 4.74. The predicted molar refractivity (Wildman–Crippen MR) is 78.1 cm³/mol. The number of benzene rings is 1. The summed E-state index contributed by atoms with van der Waals surface area (Å²) in [4.78, 5) is 13.9. The molecule has 0 saturated heterocycles. The van der Waals surface area contributed by atoms with Gasteiger partial charge in [0, 0.05) is 10.4 Å². The Morgan fingerprint density at radius 1 is 1.26 bits per heavy atom. The highest BCUT2D eigenvalue weighted by molar-refractivity contribution is 7.14. The van der Waals surface area contributed by atoms with Gasteiger partial charge in [0.25, 0.3) is 0 Å². The monoisotopic (exact) mass is 274 g/mol. The average molecular weight is 274 g/mol. The molecule has 3 heteroatoms. The molecule has 1 heterocycles. The number of aryl methyl sites for hydroxylation is 1. The van der Waals surface area contributed by atoms with Gasteiger partial charge >= 0.3 is 0 Å². The normalized spacial score (nSPS) is 11.1. The first-order valence-electron chi connectivity index (χ1n) is 6.26. The number of carbonyl (C=O) groups is 1. The summed E-state index contributed by atoms with van der Waals surface area (Å²) in [5.74, 6) is -0.389. The Labute approximate surface area is 116 Å². The van der Waals surface area contributed by atoms with Crippen LogP contribution < -0.4 is 0 Å². The number of rotatable bonds is 5. The lowest BCUT2D eigenvalue weighted by Gasteiger charge is -1.94. The SMILES string of the molecule is CCCc1ccc(C(=O)/C=C/c2ccccc2F)s1. The van der Waals surface area contributed by atoms with Gasteiger partial charge in [-0.1, -0.05) is 31.5 Å². The third kappa shape index (κ3) is 3.61. The lowest BCUT2D eigenvalue weighted by molar-refractivity contribution is 0.105. The third-order valence-corrected chi connectivity index (χ3v) is 3.88. The van der Waals surface area contributed by atoms with Crippen LogP contribution in [0.5, 0.6) is 0 Å². The van der Waals surface area contributed by atoms with Crippen LogP contribution in [0.1, 0.15) is 33.5 Å². The highest BCUT2D eigenvalue weighted by Crippen LogP contribution is 2.19. The summed E-state index contributed by atoms with van der Waals surface area (Å²) in [5, 5.41) is 0. The molecule has 2 rings (SSSR count). The quantitative estimate of drug-likeness (QED) is 0.568. The zero-order valence-electron chi connectivity index (χ0n) is 10.7. The molecule has 0 unspecified atom stereocenters. The fraction of sp³-hybridized carbons (Fsp3) is 0.188. The molecule has 2 aromatic rings. The maximum atomic E-state index is 13.4. The molecular formula is C16H15FOS. The van der Waals surface area contributed by atoms with Crippen LogP contribution in [0.4, 0.5) is 4.39 Å². The lowest BCUT2D eigenvalue weighted by Crippen LogP contribution is -1.89. The summed E-state index contributed by atoms with van der Waals surface area (Å²) in [5.41, 5.74) is 0.432. The highest BCUT2D eigenvalue weighted by atomic mass is 32.1. The number of ketones is 1. The van der Waals surface area contributed by atoms with Gasteiger partial charge in [-0.2, -0.15) is 0 Å². The van der Waals surface area contributed by atoms with Crippen LogP contribution in [0.2, 0.25) is 0 Å². The molecule has 1 aromatic carbocycles. The van der Waals surface area contributed by atoms with E-state index in [9.17, 15) is 9.18 Å². The van der Waals surface area contributed by atoms with Crippen LogP contribution in [0, 0.1) is 5.82 Å². The van der Waals surface area contributed by atoms with Gasteiger partial charge < -0.3 is 0 Å². The zero-order chi connectivity index (χ0) is 13.7. The second-order valence-corrected chi connectivity index (χ2v) is 5.40. The van der Waals surface area contributed by atoms with Gasteiger partial charge in [0.05, 0.1) is 4.88 Å². The molecule has 0 atom stereocenters. The first kappa shape index (κ1) is 13.7. The molecular weight excluding hydrogens is 259 g/mol. The van der Waals surface area contributed by atoms with Gasteiger partial charge in [-0.3, -0.25) is 4.79 Å². The fourth-order valence-electron chi connectivity index (χ4n) is 1.75. The van der Waals surface area contributed by atoms with Crippen molar-refractivity contribution in [1.29, 1.82) is 0 Å². The topological polar surface area (TPSA) is 17.1 Å². The van der Waals surface area contributed by atoms with Crippen LogP contribution in [0.3, 0.4) is 0 Å². The van der Waals surface area contributed by atoms with E-state index in [-0.39, 0.29) is 11.6 Å². The van der Waals surface area contributed by atoms with Crippen molar-refractivity contribution >= 4 is 23.2 Å². The molecule has 0 aliphatic rings. The molecule has 0 bridgehead atoms. The molecule has 0 saturated carbocycles. The summed E-state index contributed by atoms with van der Waals surface area (Å²) in [6.07, 6.45) is 5.02. The van der Waals surface area contributed by atoms with Gasteiger partial charge in [0.15, 0.2) is 5.78 Å². The standard InChI is InChI=1S/C16H15FOS/c1-2-5-13-9-11-16(19-13)15(18)10-8-12-6-3-4-7-14(12)17/h3-4,6-11H,2,5H2,1H3/b10-8+. The van der Waals surface area contributed by atoms with Gasteiger partial charge in [-0.05, 0) is 36.8 Å². The summed E-state index contributed by atoms with van der Waals surface area (Å²) in [6, 6.07) is 10.2. The van der Waals surface area contributed by atoms with E-state index in [0.717, 1.165) is 12.8 Å². The van der Waals surface area contributed by atoms with E-state index in [1.807, 2.05) is 12.1 Å². The summed E-state index contributed by atoms with van der Waals surface area (Å²) < 4.78 is 13.4. The van der Waals surface area contributed by atoms with Crippen molar-refractivity contribution in [3.63, 3.8) is 0 Å². The number of halogens is 1. The molecule has 0 fully saturated rings. The fourth-order valence-corrected chi connectivity index (χ4v) is 2.78. The minimum absolute atomic E-state index is 0.0735. The Morgan fingerprint density at radius 2 is 2.05 bits per heavy atom. The molecule has 1 aromatic heterocycles. The third-order valence-electron chi connectivity index (χ3n) is 2.72. The first-order chi connectivity index (χ1) is 9.20. The van der Waals surface area contributed by atoms with Crippen molar-refractivity contribution < 1.29 is 9.18 Å². The molecule has 1 nitrogen and oxygen atoms in total. The smallest absolute Gasteiger partial charge is 0.195 e. The number of carbonyl (C=O) groups excluding carboxylic acids is 1. The molecule has 19 heavy (non-hydrogen) atoms. The van der Waals surface area contributed by atoms with Gasteiger partial charge in [0.2, 0.25) is 0 Å². The molecule has 0 aliphatic carbocycles. The average Bonchev–Trinajstić information content (AvgIpc) is 2.87. The van der Waals surface area contributed by atoms with Crippen LogP contribution in [0.25, 0.3) is 6.08 Å². The van der Waals surface area contributed by atoms with Crippen molar-refractivity contribution in [2.75, 3.05) is 0 Å². The van der Waals surface area contributed by atoms with Crippen molar-refractivity contribution in [3.8, 4) is 0 Å². The molecule has 0 spiro atoms. The van der Waals surface area contributed by atoms with Crippen molar-refractivity contribution in [1.82, 2.24) is 0 Å². The second-order valence-electron chi connectivity index (χ2n) is 4.24. The Kier molecular flexibility index (Phi) is 4.63. The van der Waals surface area contributed by atoms with Gasteiger partial charge in [0.1, 0.15) is 5.82 Å². The largest absolute Gasteiger partial charge is 0.288 e. The zero-order valence-corrected chi connectivity index (χ0v) is 11.5. The minimum Gasteiger partial charge on any atom is -0.288 e.